The van der Waals surface area contributed by atoms with Gasteiger partial charge < -0.3 is 9.47 Å². The predicted octanol–water partition coefficient (Wildman–Crippen LogP) is 0.228. The van der Waals surface area contributed by atoms with Gasteiger partial charge >= 0.3 is 0 Å². The highest BCUT2D eigenvalue weighted by molar-refractivity contribution is 5.37. The van der Waals surface area contributed by atoms with Gasteiger partial charge in [0.2, 0.25) is 0 Å². The van der Waals surface area contributed by atoms with Crippen molar-refractivity contribution in [2.45, 2.75) is 19.6 Å². The van der Waals surface area contributed by atoms with E-state index in [1.807, 2.05) is 6.92 Å². The molecule has 0 N–H and O–H groups in total. The highest BCUT2D eigenvalue weighted by atomic mass is 16.5. The Morgan fingerprint density at radius 3 is 2.75 bits per heavy atom. The first-order valence-electron chi connectivity index (χ1n) is 4.29. The van der Waals surface area contributed by atoms with Gasteiger partial charge in [0, 0.05) is 13.1 Å². The van der Waals surface area contributed by atoms with Crippen LogP contribution in [0.5, 0.6) is 0 Å². The minimum absolute atomic E-state index is 0.0635. The first kappa shape index (κ1) is 9.48. The average molecular weight is 173 g/mol. The summed E-state index contributed by atoms with van der Waals surface area (Å²) in [5.41, 5.74) is 0. The molecule has 0 bridgehead atoms. The van der Waals surface area contributed by atoms with Crippen LogP contribution in [-0.4, -0.2) is 43.9 Å². The molecule has 1 aliphatic heterocycles. The van der Waals surface area contributed by atoms with E-state index in [2.05, 4.69) is 4.90 Å². The second-order valence-corrected chi connectivity index (χ2v) is 2.74. The molecule has 0 amide bonds. The Hall–Kier alpha value is -0.610. The highest BCUT2D eigenvalue weighted by Gasteiger charge is 2.19. The summed E-state index contributed by atoms with van der Waals surface area (Å²) in [6, 6.07) is 0. The van der Waals surface area contributed by atoms with Crippen LogP contribution < -0.4 is 0 Å². The van der Waals surface area contributed by atoms with Gasteiger partial charge in [-0.3, -0.25) is 9.69 Å². The van der Waals surface area contributed by atoms with Gasteiger partial charge in [-0.05, 0) is 6.42 Å². The summed E-state index contributed by atoms with van der Waals surface area (Å²) in [5.74, 6) is 0. The lowest BCUT2D eigenvalue weighted by Gasteiger charge is -2.32. The summed E-state index contributed by atoms with van der Waals surface area (Å²) in [5, 5.41) is 0. The topological polar surface area (TPSA) is 38.8 Å². The Kier molecular flexibility index (Phi) is 4.04. The molecule has 0 saturated carbocycles. The van der Waals surface area contributed by atoms with E-state index in [1.54, 1.807) is 0 Å². The van der Waals surface area contributed by atoms with Gasteiger partial charge in [-0.1, -0.05) is 6.92 Å². The van der Waals surface area contributed by atoms with E-state index in [0.29, 0.717) is 6.47 Å². The molecular weight excluding hydrogens is 158 g/mol. The van der Waals surface area contributed by atoms with Crippen molar-refractivity contribution in [3.8, 4) is 0 Å². The van der Waals surface area contributed by atoms with E-state index < -0.39 is 0 Å². The molecule has 0 spiro atoms. The smallest absolute Gasteiger partial charge is 0.294 e. The molecule has 1 saturated heterocycles. The Morgan fingerprint density at radius 1 is 1.58 bits per heavy atom. The van der Waals surface area contributed by atoms with E-state index in [9.17, 15) is 4.79 Å². The molecule has 1 heterocycles. The summed E-state index contributed by atoms with van der Waals surface area (Å²) in [4.78, 5) is 12.3. The number of hydrogen-bond donors (Lipinski definition) is 0. The molecule has 0 aromatic heterocycles. The van der Waals surface area contributed by atoms with Crippen LogP contribution in [0.2, 0.25) is 0 Å². The fourth-order valence-electron chi connectivity index (χ4n) is 1.37. The van der Waals surface area contributed by atoms with Gasteiger partial charge in [-0.25, -0.2) is 0 Å². The van der Waals surface area contributed by atoms with Gasteiger partial charge in [-0.2, -0.15) is 0 Å². The van der Waals surface area contributed by atoms with Crippen molar-refractivity contribution in [2.24, 2.45) is 0 Å². The predicted molar refractivity (Wildman–Crippen MR) is 43.6 cm³/mol. The number of nitrogens with zero attached hydrogens (tertiary/aromatic N) is 1. The molecule has 0 aromatic carbocycles. The minimum Gasteiger partial charge on any atom is -0.449 e. The van der Waals surface area contributed by atoms with Crippen LogP contribution in [0.4, 0.5) is 0 Å². The molecule has 0 radical (unpaired) electrons. The monoisotopic (exact) mass is 173 g/mol. The summed E-state index contributed by atoms with van der Waals surface area (Å²) < 4.78 is 10.1. The van der Waals surface area contributed by atoms with E-state index in [4.69, 9.17) is 9.47 Å². The van der Waals surface area contributed by atoms with Gasteiger partial charge in [0.1, 0.15) is 0 Å². The quantitative estimate of drug-likeness (QED) is 0.570. The number of ether oxygens (including phenoxy) is 2. The van der Waals surface area contributed by atoms with Gasteiger partial charge in [0.15, 0.2) is 6.23 Å². The molecule has 12 heavy (non-hydrogen) atoms. The molecular formula is C8H15NO3. The first-order chi connectivity index (χ1) is 5.88. The van der Waals surface area contributed by atoms with Crippen LogP contribution in [0.15, 0.2) is 0 Å². The van der Waals surface area contributed by atoms with Crippen molar-refractivity contribution >= 4 is 6.47 Å². The van der Waals surface area contributed by atoms with Crippen LogP contribution in [0.25, 0.3) is 0 Å². The lowest BCUT2D eigenvalue weighted by molar-refractivity contribution is -0.148. The SMILES string of the molecule is CCC(OC=O)N1CCOCC1. The highest BCUT2D eigenvalue weighted by Crippen LogP contribution is 2.07. The number of morpholine rings is 1. The molecule has 1 rings (SSSR count). The third kappa shape index (κ3) is 2.46. The van der Waals surface area contributed by atoms with Crippen LogP contribution in [0.1, 0.15) is 13.3 Å². The maximum Gasteiger partial charge on any atom is 0.294 e. The lowest BCUT2D eigenvalue weighted by atomic mass is 10.3. The number of rotatable bonds is 4. The van der Waals surface area contributed by atoms with Gasteiger partial charge in [0.25, 0.3) is 6.47 Å². The van der Waals surface area contributed by atoms with E-state index in [-0.39, 0.29) is 6.23 Å². The molecule has 1 atom stereocenters. The third-order valence-electron chi connectivity index (χ3n) is 2.01. The van der Waals surface area contributed by atoms with E-state index in [1.165, 1.54) is 0 Å². The Labute approximate surface area is 72.4 Å². The van der Waals surface area contributed by atoms with Crippen molar-refractivity contribution < 1.29 is 14.3 Å². The first-order valence-corrected chi connectivity index (χ1v) is 4.29. The van der Waals surface area contributed by atoms with Gasteiger partial charge in [-0.15, -0.1) is 0 Å². The van der Waals surface area contributed by atoms with Crippen molar-refractivity contribution in [3.05, 3.63) is 0 Å². The number of carbonyl (C=O) groups is 1. The molecule has 70 valence electrons. The maximum atomic E-state index is 10.1. The maximum absolute atomic E-state index is 10.1. The molecule has 1 unspecified atom stereocenters. The number of carbonyl (C=O) groups excluding carboxylic acids is 1. The molecule has 1 aliphatic rings. The van der Waals surface area contributed by atoms with Crippen molar-refractivity contribution in [1.29, 1.82) is 0 Å². The van der Waals surface area contributed by atoms with Crippen LogP contribution in [-0.2, 0) is 14.3 Å². The van der Waals surface area contributed by atoms with Crippen molar-refractivity contribution in [2.75, 3.05) is 26.3 Å². The zero-order valence-corrected chi connectivity index (χ0v) is 7.36. The summed E-state index contributed by atoms with van der Waals surface area (Å²) in [6.07, 6.45) is 0.769. The molecule has 0 aromatic rings. The largest absolute Gasteiger partial charge is 0.449 e. The van der Waals surface area contributed by atoms with E-state index in [0.717, 1.165) is 32.7 Å². The Balaban J connectivity index is 2.34. The molecule has 0 aliphatic carbocycles. The molecule has 4 nitrogen and oxygen atoms in total. The molecule has 4 heteroatoms. The van der Waals surface area contributed by atoms with E-state index >= 15 is 0 Å². The summed E-state index contributed by atoms with van der Waals surface area (Å²) in [6.45, 7) is 5.70. The van der Waals surface area contributed by atoms with Crippen molar-refractivity contribution in [3.63, 3.8) is 0 Å². The fourth-order valence-corrected chi connectivity index (χ4v) is 1.37. The molecule has 1 fully saturated rings. The second-order valence-electron chi connectivity index (χ2n) is 2.74. The zero-order chi connectivity index (χ0) is 8.81. The normalized spacial score (nSPS) is 21.8. The lowest BCUT2D eigenvalue weighted by Crippen LogP contribution is -2.44. The standard InChI is InChI=1S/C8H15NO3/c1-2-8(12-7-10)9-3-5-11-6-4-9/h7-8H,2-6H2,1H3. The second kappa shape index (κ2) is 5.11. The third-order valence-corrected chi connectivity index (χ3v) is 2.01. The van der Waals surface area contributed by atoms with Gasteiger partial charge in [0.05, 0.1) is 13.2 Å². The van der Waals surface area contributed by atoms with Crippen molar-refractivity contribution in [1.82, 2.24) is 4.90 Å². The Morgan fingerprint density at radius 2 is 2.25 bits per heavy atom. The summed E-state index contributed by atoms with van der Waals surface area (Å²) in [7, 11) is 0. The minimum atomic E-state index is -0.0635. The number of hydrogen-bond acceptors (Lipinski definition) is 4. The van der Waals surface area contributed by atoms with Crippen LogP contribution >= 0.6 is 0 Å². The van der Waals surface area contributed by atoms with Crippen LogP contribution in [0, 0.1) is 0 Å². The zero-order valence-electron chi connectivity index (χ0n) is 7.36. The average Bonchev–Trinajstić information content (AvgIpc) is 2.15. The fraction of sp³-hybridized carbons (Fsp3) is 0.875. The van der Waals surface area contributed by atoms with Crippen LogP contribution in [0.3, 0.4) is 0 Å². The Bertz CT molecular complexity index is 134. The summed E-state index contributed by atoms with van der Waals surface area (Å²) >= 11 is 0.